The van der Waals surface area contributed by atoms with Crippen molar-refractivity contribution >= 4 is 16.8 Å². The summed E-state index contributed by atoms with van der Waals surface area (Å²) >= 11 is 0. The summed E-state index contributed by atoms with van der Waals surface area (Å²) in [5.74, 6) is 0.240. The van der Waals surface area contributed by atoms with Crippen molar-refractivity contribution in [3.05, 3.63) is 71.4 Å². The van der Waals surface area contributed by atoms with Gasteiger partial charge in [0.25, 0.3) is 0 Å². The predicted molar refractivity (Wildman–Crippen MR) is 104 cm³/mol. The third-order valence-electron chi connectivity index (χ3n) is 5.54. The molecule has 0 spiro atoms. The van der Waals surface area contributed by atoms with Crippen molar-refractivity contribution in [2.24, 2.45) is 0 Å². The van der Waals surface area contributed by atoms with Crippen LogP contribution in [0.3, 0.4) is 0 Å². The lowest BCUT2D eigenvalue weighted by molar-refractivity contribution is -0.917. The van der Waals surface area contributed by atoms with E-state index in [0.717, 1.165) is 49.2 Å². The van der Waals surface area contributed by atoms with Crippen LogP contribution in [0.2, 0.25) is 0 Å². The van der Waals surface area contributed by atoms with Crippen molar-refractivity contribution in [1.29, 1.82) is 0 Å². The molecule has 134 valence electrons. The van der Waals surface area contributed by atoms with E-state index in [1.807, 2.05) is 23.2 Å². The first-order valence-electron chi connectivity index (χ1n) is 9.41. The van der Waals surface area contributed by atoms with E-state index in [-0.39, 0.29) is 5.91 Å². The molecule has 4 nitrogen and oxygen atoms in total. The standard InChI is InChI=1S/C22H25N3O/c1-17-6-2-3-7-18(17)16-24-10-12-25(13-11-24)22(26)14-19-15-23-21-9-5-4-8-20(19)21/h2-9,15,23H,10-14,16H2,1H3/p+1. The smallest absolute Gasteiger partial charge is 0.227 e. The molecule has 4 rings (SSSR count). The van der Waals surface area contributed by atoms with Crippen molar-refractivity contribution < 1.29 is 9.69 Å². The average molecular weight is 348 g/mol. The molecule has 0 bridgehead atoms. The molecule has 1 aromatic heterocycles. The zero-order valence-electron chi connectivity index (χ0n) is 15.3. The molecule has 26 heavy (non-hydrogen) atoms. The fraction of sp³-hybridized carbons (Fsp3) is 0.318. The maximum atomic E-state index is 12.7. The lowest BCUT2D eigenvalue weighted by Crippen LogP contribution is -3.13. The minimum Gasteiger partial charge on any atom is -0.361 e. The number of aromatic amines is 1. The number of para-hydroxylation sites is 1. The van der Waals surface area contributed by atoms with Crippen molar-refractivity contribution in [2.75, 3.05) is 26.2 Å². The molecular weight excluding hydrogens is 322 g/mol. The van der Waals surface area contributed by atoms with Gasteiger partial charge in [-0.2, -0.15) is 0 Å². The topological polar surface area (TPSA) is 40.5 Å². The molecule has 0 aliphatic carbocycles. The molecule has 0 saturated carbocycles. The molecule has 4 heteroatoms. The SMILES string of the molecule is Cc1ccccc1C[NH+]1CCN(C(=O)Cc2c[nH]c3ccccc23)CC1. The van der Waals surface area contributed by atoms with Gasteiger partial charge in [-0.15, -0.1) is 0 Å². The molecule has 1 saturated heterocycles. The lowest BCUT2D eigenvalue weighted by atomic mass is 10.1. The maximum absolute atomic E-state index is 12.7. The number of nitrogens with zero attached hydrogens (tertiary/aromatic N) is 1. The quantitative estimate of drug-likeness (QED) is 0.743. The Morgan fingerprint density at radius 2 is 1.77 bits per heavy atom. The average Bonchev–Trinajstić information content (AvgIpc) is 3.07. The van der Waals surface area contributed by atoms with Gasteiger partial charge in [-0.25, -0.2) is 0 Å². The first-order chi connectivity index (χ1) is 12.7. The van der Waals surface area contributed by atoms with Crippen LogP contribution in [0.15, 0.2) is 54.7 Å². The van der Waals surface area contributed by atoms with Crippen molar-refractivity contribution in [2.45, 2.75) is 19.9 Å². The van der Waals surface area contributed by atoms with Gasteiger partial charge in [-0.3, -0.25) is 4.79 Å². The zero-order chi connectivity index (χ0) is 17.9. The number of benzene rings is 2. The van der Waals surface area contributed by atoms with E-state index >= 15 is 0 Å². The highest BCUT2D eigenvalue weighted by atomic mass is 16.2. The van der Waals surface area contributed by atoms with Crippen LogP contribution in [0.25, 0.3) is 10.9 Å². The number of hydrogen-bond donors (Lipinski definition) is 2. The molecule has 1 fully saturated rings. The highest BCUT2D eigenvalue weighted by molar-refractivity contribution is 5.88. The summed E-state index contributed by atoms with van der Waals surface area (Å²) in [4.78, 5) is 19.6. The summed E-state index contributed by atoms with van der Waals surface area (Å²) < 4.78 is 0. The Labute approximate surface area is 154 Å². The highest BCUT2D eigenvalue weighted by Crippen LogP contribution is 2.18. The van der Waals surface area contributed by atoms with Gasteiger partial charge < -0.3 is 14.8 Å². The van der Waals surface area contributed by atoms with Gasteiger partial charge in [0.1, 0.15) is 6.54 Å². The Hall–Kier alpha value is -2.59. The fourth-order valence-electron chi connectivity index (χ4n) is 3.88. The van der Waals surface area contributed by atoms with E-state index in [2.05, 4.69) is 48.3 Å². The van der Waals surface area contributed by atoms with Crippen molar-refractivity contribution in [3.63, 3.8) is 0 Å². The van der Waals surface area contributed by atoms with Gasteiger partial charge in [-0.1, -0.05) is 42.5 Å². The molecule has 1 aliphatic rings. The minimum atomic E-state index is 0.240. The van der Waals surface area contributed by atoms with Gasteiger partial charge in [0, 0.05) is 22.7 Å². The molecule has 2 N–H and O–H groups in total. The summed E-state index contributed by atoms with van der Waals surface area (Å²) in [6.07, 6.45) is 2.46. The third-order valence-corrected chi connectivity index (χ3v) is 5.54. The van der Waals surface area contributed by atoms with E-state index < -0.39 is 0 Å². The van der Waals surface area contributed by atoms with Crippen molar-refractivity contribution in [1.82, 2.24) is 9.88 Å². The van der Waals surface area contributed by atoms with Gasteiger partial charge in [0.05, 0.1) is 32.6 Å². The summed E-state index contributed by atoms with van der Waals surface area (Å²) in [5.41, 5.74) is 4.97. The number of carbonyl (C=O) groups is 1. The number of hydrogen-bond acceptors (Lipinski definition) is 1. The number of rotatable bonds is 4. The van der Waals surface area contributed by atoms with Crippen LogP contribution >= 0.6 is 0 Å². The van der Waals surface area contributed by atoms with Crippen molar-refractivity contribution in [3.8, 4) is 0 Å². The van der Waals surface area contributed by atoms with E-state index in [1.165, 1.54) is 11.1 Å². The van der Waals surface area contributed by atoms with Gasteiger partial charge in [-0.05, 0) is 24.1 Å². The number of carbonyl (C=O) groups excluding carboxylic acids is 1. The molecule has 2 heterocycles. The monoisotopic (exact) mass is 348 g/mol. The molecule has 0 unspecified atom stereocenters. The second-order valence-corrected chi connectivity index (χ2v) is 7.27. The number of amides is 1. The Morgan fingerprint density at radius 1 is 1.04 bits per heavy atom. The van der Waals surface area contributed by atoms with Gasteiger partial charge >= 0.3 is 0 Å². The third kappa shape index (κ3) is 3.51. The van der Waals surface area contributed by atoms with E-state index in [9.17, 15) is 4.79 Å². The number of quaternary nitrogens is 1. The summed E-state index contributed by atoms with van der Waals surface area (Å²) in [7, 11) is 0. The number of nitrogens with one attached hydrogen (secondary N) is 2. The molecular formula is C22H26N3O+. The number of fused-ring (bicyclic) bond motifs is 1. The summed E-state index contributed by atoms with van der Waals surface area (Å²) in [6, 6.07) is 16.8. The Kier molecular flexibility index (Phi) is 4.76. The van der Waals surface area contributed by atoms with E-state index in [0.29, 0.717) is 6.42 Å². The zero-order valence-corrected chi connectivity index (χ0v) is 15.3. The molecule has 0 atom stereocenters. The molecule has 1 aliphatic heterocycles. The van der Waals surface area contributed by atoms with Crippen LogP contribution in [0.1, 0.15) is 16.7 Å². The second kappa shape index (κ2) is 7.34. The number of aryl methyl sites for hydroxylation is 1. The number of H-pyrrole nitrogens is 1. The first-order valence-corrected chi connectivity index (χ1v) is 9.41. The largest absolute Gasteiger partial charge is 0.361 e. The van der Waals surface area contributed by atoms with Crippen LogP contribution in [0.4, 0.5) is 0 Å². The van der Waals surface area contributed by atoms with Gasteiger partial charge in [0.15, 0.2) is 0 Å². The maximum Gasteiger partial charge on any atom is 0.227 e. The second-order valence-electron chi connectivity index (χ2n) is 7.27. The van der Waals surface area contributed by atoms with Crippen LogP contribution in [-0.4, -0.2) is 42.0 Å². The highest BCUT2D eigenvalue weighted by Gasteiger charge is 2.24. The predicted octanol–water partition coefficient (Wildman–Crippen LogP) is 1.95. The number of aromatic nitrogens is 1. The van der Waals surface area contributed by atoms with Crippen LogP contribution in [-0.2, 0) is 17.8 Å². The summed E-state index contributed by atoms with van der Waals surface area (Å²) in [6.45, 7) is 6.97. The van der Waals surface area contributed by atoms with Crippen LogP contribution < -0.4 is 4.90 Å². The molecule has 3 aromatic rings. The number of piperazine rings is 1. The molecule has 2 aromatic carbocycles. The van der Waals surface area contributed by atoms with Gasteiger partial charge in [0.2, 0.25) is 5.91 Å². The first kappa shape index (κ1) is 16.9. The minimum absolute atomic E-state index is 0.240. The normalized spacial score (nSPS) is 15.5. The Balaban J connectivity index is 1.34. The van der Waals surface area contributed by atoms with E-state index in [1.54, 1.807) is 4.90 Å². The van der Waals surface area contributed by atoms with E-state index in [4.69, 9.17) is 0 Å². The fourth-order valence-corrected chi connectivity index (χ4v) is 3.88. The van der Waals surface area contributed by atoms with Crippen LogP contribution in [0.5, 0.6) is 0 Å². The lowest BCUT2D eigenvalue weighted by Gasteiger charge is -2.32. The van der Waals surface area contributed by atoms with Crippen LogP contribution in [0, 0.1) is 6.92 Å². The summed E-state index contributed by atoms with van der Waals surface area (Å²) in [5, 5.41) is 1.16. The molecule has 1 amide bonds. The Morgan fingerprint density at radius 3 is 2.58 bits per heavy atom. The molecule has 0 radical (unpaired) electrons. The Bertz CT molecular complexity index is 906.